The van der Waals surface area contributed by atoms with Crippen molar-refractivity contribution in [3.8, 4) is 0 Å². The molecule has 1 aromatic heterocycles. The molecule has 6 nitrogen and oxygen atoms in total. The van der Waals surface area contributed by atoms with Gasteiger partial charge in [-0.3, -0.25) is 10.1 Å². The molecule has 0 amide bonds. The number of aryl methyl sites for hydroxylation is 1. The summed E-state index contributed by atoms with van der Waals surface area (Å²) in [4.78, 5) is 10.4. The highest BCUT2D eigenvalue weighted by molar-refractivity contribution is 5.72. The molecule has 0 aliphatic rings. The van der Waals surface area contributed by atoms with Crippen molar-refractivity contribution >= 4 is 16.7 Å². The highest BCUT2D eigenvalue weighted by Gasteiger charge is 2.16. The molecule has 0 aliphatic heterocycles. The molecule has 3 aromatic rings. The largest absolute Gasteiger partial charge is 1.00 e. The number of nitrogens with zero attached hydrogens (tertiary/aromatic N) is 3. The summed E-state index contributed by atoms with van der Waals surface area (Å²) in [5, 5.41) is 10.8. The molecule has 138 valence electrons. The molecule has 0 fully saturated rings. The molecule has 0 atom stereocenters. The normalized spacial score (nSPS) is 10.7. The number of nitro groups is 1. The van der Waals surface area contributed by atoms with E-state index < -0.39 is 0 Å². The lowest BCUT2D eigenvalue weighted by atomic mass is 10.2. The second-order valence-electron chi connectivity index (χ2n) is 6.05. The van der Waals surface area contributed by atoms with Gasteiger partial charge in [0.25, 0.3) is 5.69 Å². The van der Waals surface area contributed by atoms with Crippen molar-refractivity contribution in [3.63, 3.8) is 0 Å². The fourth-order valence-electron chi connectivity index (χ4n) is 2.93. The lowest BCUT2D eigenvalue weighted by Gasteiger charge is -1.99. The minimum absolute atomic E-state index is 0. The van der Waals surface area contributed by atoms with Crippen LogP contribution in [0.4, 0.5) is 5.69 Å². The van der Waals surface area contributed by atoms with Crippen molar-refractivity contribution in [1.29, 1.82) is 0 Å². The predicted molar refractivity (Wildman–Crippen MR) is 95.6 cm³/mol. The van der Waals surface area contributed by atoms with Crippen LogP contribution in [0.5, 0.6) is 0 Å². The van der Waals surface area contributed by atoms with Crippen LogP contribution in [-0.4, -0.2) is 22.7 Å². The standard InChI is InChI=1S/C19H22N3O3.ClH/c1-3-25-11-10-20-14-21(19-12-15(2)4-9-18(19)20)13-16-5-7-17(8-6-16)22(23)24;/h4-9,12,14H,3,10-11,13H2,1-2H3;1H/q+1;/p-1. The number of imidazole rings is 1. The molecule has 0 spiro atoms. The maximum atomic E-state index is 10.8. The Labute approximate surface area is 158 Å². The Balaban J connectivity index is 0.00000243. The van der Waals surface area contributed by atoms with E-state index in [-0.39, 0.29) is 23.0 Å². The van der Waals surface area contributed by atoms with Gasteiger partial charge in [0, 0.05) is 18.7 Å². The second-order valence-corrected chi connectivity index (χ2v) is 6.05. The van der Waals surface area contributed by atoms with Crippen molar-refractivity contribution < 1.29 is 26.6 Å². The van der Waals surface area contributed by atoms with E-state index in [4.69, 9.17) is 4.74 Å². The van der Waals surface area contributed by atoms with Gasteiger partial charge in [-0.2, -0.15) is 0 Å². The Morgan fingerprint density at radius 3 is 2.58 bits per heavy atom. The number of ether oxygens (including phenoxy) is 1. The number of rotatable bonds is 7. The average molecular weight is 376 g/mol. The quantitative estimate of drug-likeness (QED) is 0.257. The Morgan fingerprint density at radius 1 is 1.19 bits per heavy atom. The van der Waals surface area contributed by atoms with Crippen LogP contribution >= 0.6 is 0 Å². The number of hydrogen-bond donors (Lipinski definition) is 0. The van der Waals surface area contributed by atoms with Gasteiger partial charge in [-0.1, -0.05) is 6.07 Å². The Bertz CT molecular complexity index is 891. The number of halogens is 1. The maximum absolute atomic E-state index is 10.8. The number of hydrogen-bond acceptors (Lipinski definition) is 3. The Morgan fingerprint density at radius 2 is 1.92 bits per heavy atom. The van der Waals surface area contributed by atoms with Gasteiger partial charge in [0.15, 0.2) is 11.0 Å². The molecule has 0 unspecified atom stereocenters. The van der Waals surface area contributed by atoms with E-state index >= 15 is 0 Å². The zero-order valence-electron chi connectivity index (χ0n) is 14.9. The molecular formula is C19H22ClN3O3. The molecule has 1 heterocycles. The number of aromatic nitrogens is 2. The minimum atomic E-state index is -0.375. The van der Waals surface area contributed by atoms with Crippen molar-refractivity contribution in [2.45, 2.75) is 26.9 Å². The average Bonchev–Trinajstić information content (AvgIpc) is 2.92. The van der Waals surface area contributed by atoms with Crippen LogP contribution in [0, 0.1) is 17.0 Å². The first-order valence-electron chi connectivity index (χ1n) is 8.38. The number of fused-ring (bicyclic) bond motifs is 1. The van der Waals surface area contributed by atoms with Crippen LogP contribution < -0.4 is 17.0 Å². The topological polar surface area (TPSA) is 61.2 Å². The maximum Gasteiger partial charge on any atom is 0.269 e. The van der Waals surface area contributed by atoms with Crippen molar-refractivity contribution in [3.05, 3.63) is 70.0 Å². The van der Waals surface area contributed by atoms with Crippen LogP contribution in [0.2, 0.25) is 0 Å². The monoisotopic (exact) mass is 375 g/mol. The van der Waals surface area contributed by atoms with Crippen molar-refractivity contribution in [2.24, 2.45) is 0 Å². The van der Waals surface area contributed by atoms with Crippen LogP contribution in [0.3, 0.4) is 0 Å². The van der Waals surface area contributed by atoms with E-state index in [1.54, 1.807) is 12.1 Å². The third kappa shape index (κ3) is 4.39. The van der Waals surface area contributed by atoms with E-state index in [9.17, 15) is 10.1 Å². The van der Waals surface area contributed by atoms with Gasteiger partial charge in [-0.05, 0) is 49.2 Å². The van der Waals surface area contributed by atoms with E-state index in [0.717, 1.165) is 23.1 Å². The lowest BCUT2D eigenvalue weighted by Crippen LogP contribution is -3.00. The molecule has 0 bridgehead atoms. The van der Waals surface area contributed by atoms with Crippen molar-refractivity contribution in [1.82, 2.24) is 4.57 Å². The molecule has 0 saturated heterocycles. The Kier molecular flexibility index (Phi) is 6.71. The van der Waals surface area contributed by atoms with E-state index in [2.05, 4.69) is 40.6 Å². The van der Waals surface area contributed by atoms with Gasteiger partial charge in [-0.25, -0.2) is 9.13 Å². The minimum Gasteiger partial charge on any atom is -1.00 e. The summed E-state index contributed by atoms with van der Waals surface area (Å²) in [5.74, 6) is 0. The van der Waals surface area contributed by atoms with Gasteiger partial charge in [0.05, 0.1) is 11.5 Å². The molecule has 7 heteroatoms. The van der Waals surface area contributed by atoms with Crippen LogP contribution in [0.1, 0.15) is 18.1 Å². The molecule has 26 heavy (non-hydrogen) atoms. The highest BCUT2D eigenvalue weighted by Crippen LogP contribution is 2.17. The first-order chi connectivity index (χ1) is 12.1. The summed E-state index contributed by atoms with van der Waals surface area (Å²) in [6.07, 6.45) is 2.09. The van der Waals surface area contributed by atoms with E-state index in [1.165, 1.54) is 5.56 Å². The summed E-state index contributed by atoms with van der Waals surface area (Å²) in [6, 6.07) is 13.1. The zero-order valence-corrected chi connectivity index (χ0v) is 15.6. The molecular weight excluding hydrogens is 354 g/mol. The lowest BCUT2D eigenvalue weighted by molar-refractivity contribution is -0.673. The fourth-order valence-corrected chi connectivity index (χ4v) is 2.93. The van der Waals surface area contributed by atoms with Gasteiger partial charge in [0.1, 0.15) is 13.1 Å². The van der Waals surface area contributed by atoms with Gasteiger partial charge in [0.2, 0.25) is 6.33 Å². The fraction of sp³-hybridized carbons (Fsp3) is 0.316. The van der Waals surface area contributed by atoms with Crippen LogP contribution in [0.15, 0.2) is 48.8 Å². The molecule has 0 radical (unpaired) electrons. The summed E-state index contributed by atoms with van der Waals surface area (Å²) in [5.41, 5.74) is 4.65. The summed E-state index contributed by atoms with van der Waals surface area (Å²) < 4.78 is 9.85. The molecule has 0 N–H and O–H groups in total. The predicted octanol–water partition coefficient (Wildman–Crippen LogP) is 0.234. The molecule has 0 aliphatic carbocycles. The number of nitro benzene ring substituents is 1. The molecule has 0 saturated carbocycles. The van der Waals surface area contributed by atoms with Gasteiger partial charge < -0.3 is 17.1 Å². The van der Waals surface area contributed by atoms with Crippen LogP contribution in [0.25, 0.3) is 11.0 Å². The van der Waals surface area contributed by atoms with Gasteiger partial charge >= 0.3 is 0 Å². The van der Waals surface area contributed by atoms with Crippen molar-refractivity contribution in [2.75, 3.05) is 13.2 Å². The Hall–Kier alpha value is -2.44. The first kappa shape index (κ1) is 19.9. The smallest absolute Gasteiger partial charge is 0.269 e. The third-order valence-corrected chi connectivity index (χ3v) is 4.21. The molecule has 2 aromatic carbocycles. The second kappa shape index (κ2) is 8.78. The number of benzene rings is 2. The number of non-ortho nitro benzene ring substituents is 1. The first-order valence-corrected chi connectivity index (χ1v) is 8.38. The highest BCUT2D eigenvalue weighted by atomic mass is 35.5. The molecule has 3 rings (SSSR count). The summed E-state index contributed by atoms with van der Waals surface area (Å²) >= 11 is 0. The third-order valence-electron chi connectivity index (χ3n) is 4.21. The van der Waals surface area contributed by atoms with E-state index in [0.29, 0.717) is 19.8 Å². The van der Waals surface area contributed by atoms with E-state index in [1.807, 2.05) is 19.1 Å². The zero-order chi connectivity index (χ0) is 17.8. The summed E-state index contributed by atoms with van der Waals surface area (Å²) in [6.45, 7) is 6.91. The SMILES string of the molecule is CCOCC[n+]1cn(Cc2ccc([N+](=O)[O-])cc2)c2cc(C)ccc21.[Cl-]. The summed E-state index contributed by atoms with van der Waals surface area (Å²) in [7, 11) is 0. The van der Waals surface area contributed by atoms with Gasteiger partial charge in [-0.15, -0.1) is 0 Å². The van der Waals surface area contributed by atoms with Crippen LogP contribution in [-0.2, 0) is 17.8 Å².